The minimum atomic E-state index is -0.809. The van der Waals surface area contributed by atoms with Crippen molar-refractivity contribution in [3.05, 3.63) is 30.3 Å². The molecule has 1 unspecified atom stereocenters. The third-order valence-electron chi connectivity index (χ3n) is 8.93. The highest BCUT2D eigenvalue weighted by atomic mass is 16.4. The monoisotopic (exact) mass is 497 g/mol. The third-order valence-corrected chi connectivity index (χ3v) is 8.93. The molecule has 6 nitrogen and oxygen atoms in total. The topological polar surface area (TPSA) is 64.1 Å². The molecule has 36 heavy (non-hydrogen) atoms. The van der Waals surface area contributed by atoms with Crippen LogP contribution in [0.4, 0.5) is 5.69 Å². The fourth-order valence-electron chi connectivity index (χ4n) is 7.31. The predicted molar refractivity (Wildman–Crippen MR) is 145 cm³/mol. The summed E-state index contributed by atoms with van der Waals surface area (Å²) in [5.41, 5.74) is 0.947. The molecule has 3 aliphatic rings. The predicted octanol–water partition coefficient (Wildman–Crippen LogP) is 5.56. The summed E-state index contributed by atoms with van der Waals surface area (Å²) in [6.45, 7) is 6.51. The number of carbonyl (C=O) groups excluding carboxylic acids is 1. The number of carbonyl (C=O) groups is 2. The van der Waals surface area contributed by atoms with Crippen LogP contribution >= 0.6 is 0 Å². The molecular weight excluding hydrogens is 450 g/mol. The Morgan fingerprint density at radius 3 is 2.44 bits per heavy atom. The van der Waals surface area contributed by atoms with Crippen molar-refractivity contribution in [1.82, 2.24) is 9.80 Å². The minimum Gasteiger partial charge on any atom is -0.480 e. The Kier molecular flexibility index (Phi) is 9.83. The van der Waals surface area contributed by atoms with Gasteiger partial charge in [-0.05, 0) is 69.5 Å². The Labute approximate surface area is 218 Å². The first kappa shape index (κ1) is 27.1. The molecule has 2 heterocycles. The Morgan fingerprint density at radius 1 is 0.944 bits per heavy atom. The fourth-order valence-corrected chi connectivity index (χ4v) is 7.31. The number of benzene rings is 1. The highest BCUT2D eigenvalue weighted by Crippen LogP contribution is 2.36. The van der Waals surface area contributed by atoms with E-state index < -0.39 is 12.0 Å². The lowest BCUT2D eigenvalue weighted by molar-refractivity contribution is -0.142. The first-order chi connectivity index (χ1) is 17.5. The van der Waals surface area contributed by atoms with E-state index in [1.807, 2.05) is 40.1 Å². The summed E-state index contributed by atoms with van der Waals surface area (Å²) in [7, 11) is 0. The molecule has 6 heteroatoms. The van der Waals surface area contributed by atoms with E-state index in [1.165, 1.54) is 44.9 Å². The van der Waals surface area contributed by atoms with Crippen LogP contribution in [-0.4, -0.2) is 70.6 Å². The van der Waals surface area contributed by atoms with Gasteiger partial charge in [0.1, 0.15) is 6.04 Å². The molecule has 0 bridgehead atoms. The molecule has 1 amide bonds. The van der Waals surface area contributed by atoms with E-state index in [-0.39, 0.29) is 18.5 Å². The molecule has 3 fully saturated rings. The van der Waals surface area contributed by atoms with Gasteiger partial charge in [-0.2, -0.15) is 0 Å². The number of amides is 1. The Bertz CT molecular complexity index is 845. The van der Waals surface area contributed by atoms with Gasteiger partial charge in [-0.1, -0.05) is 64.2 Å². The molecule has 0 radical (unpaired) electrons. The molecule has 1 aromatic rings. The lowest BCUT2D eigenvalue weighted by Gasteiger charge is -2.48. The Morgan fingerprint density at radius 2 is 1.72 bits per heavy atom. The van der Waals surface area contributed by atoms with Crippen LogP contribution < -0.4 is 4.90 Å². The summed E-state index contributed by atoms with van der Waals surface area (Å²) >= 11 is 0. The summed E-state index contributed by atoms with van der Waals surface area (Å²) in [5, 5.41) is 9.63. The molecule has 0 spiro atoms. The van der Waals surface area contributed by atoms with E-state index >= 15 is 0 Å². The third kappa shape index (κ3) is 6.49. The fraction of sp³-hybridized carbons (Fsp3) is 0.733. The largest absolute Gasteiger partial charge is 0.480 e. The van der Waals surface area contributed by atoms with E-state index in [4.69, 9.17) is 0 Å². The molecule has 4 rings (SSSR count). The maximum atomic E-state index is 13.8. The molecule has 2 saturated heterocycles. The van der Waals surface area contributed by atoms with Crippen molar-refractivity contribution in [1.29, 1.82) is 0 Å². The van der Waals surface area contributed by atoms with Gasteiger partial charge in [-0.15, -0.1) is 0 Å². The number of carboxylic acids is 1. The minimum absolute atomic E-state index is 0.0451. The van der Waals surface area contributed by atoms with Crippen molar-refractivity contribution in [2.24, 2.45) is 5.92 Å². The van der Waals surface area contributed by atoms with Gasteiger partial charge < -0.3 is 10.0 Å². The number of aliphatic carboxylic acids is 1. The van der Waals surface area contributed by atoms with E-state index in [2.05, 4.69) is 18.7 Å². The Hall–Kier alpha value is -1.92. The van der Waals surface area contributed by atoms with Gasteiger partial charge in [-0.3, -0.25) is 19.4 Å². The van der Waals surface area contributed by atoms with Gasteiger partial charge in [0.05, 0.1) is 6.54 Å². The second-order valence-electron chi connectivity index (χ2n) is 11.4. The van der Waals surface area contributed by atoms with Crippen molar-refractivity contribution >= 4 is 17.6 Å². The number of anilines is 1. The summed E-state index contributed by atoms with van der Waals surface area (Å²) in [5.74, 6) is 0.110. The molecular formula is C30H47N3O3. The van der Waals surface area contributed by atoms with Crippen molar-refractivity contribution in [2.45, 2.75) is 115 Å². The van der Waals surface area contributed by atoms with Gasteiger partial charge in [0.25, 0.3) is 0 Å². The standard InChI is InChI=1S/C30H47N3O3/c1-3-10-23-12-8-15-26(20-23)32-19-17-27(21-25(32)11-4-2)33(24-13-6-5-7-14-24)29(34)22-31-18-9-16-28(31)30(35)36/h5-7,13-14,23,25-28H,3-4,8-12,15-22H2,1-2H3,(H,35,36)/t23-,25+,26-,27+,28?/m1/s1. The van der Waals surface area contributed by atoms with Gasteiger partial charge in [-0.25, -0.2) is 0 Å². The molecule has 0 aromatic heterocycles. The summed E-state index contributed by atoms with van der Waals surface area (Å²) < 4.78 is 0. The zero-order chi connectivity index (χ0) is 25.5. The normalized spacial score (nSPS) is 29.8. The zero-order valence-electron chi connectivity index (χ0n) is 22.5. The van der Waals surface area contributed by atoms with E-state index in [1.54, 1.807) is 0 Å². The molecule has 2 aliphatic heterocycles. The first-order valence-electron chi connectivity index (χ1n) is 14.6. The van der Waals surface area contributed by atoms with Crippen molar-refractivity contribution < 1.29 is 14.7 Å². The first-order valence-corrected chi connectivity index (χ1v) is 14.6. The average Bonchev–Trinajstić information content (AvgIpc) is 3.34. The molecule has 1 aliphatic carbocycles. The van der Waals surface area contributed by atoms with Crippen LogP contribution in [0.5, 0.6) is 0 Å². The number of hydrogen-bond acceptors (Lipinski definition) is 4. The van der Waals surface area contributed by atoms with E-state index in [0.717, 1.165) is 43.8 Å². The summed E-state index contributed by atoms with van der Waals surface area (Å²) in [6, 6.07) is 10.9. The lowest BCUT2D eigenvalue weighted by Crippen LogP contribution is -2.56. The van der Waals surface area contributed by atoms with Crippen molar-refractivity contribution in [2.75, 3.05) is 24.5 Å². The highest BCUT2D eigenvalue weighted by molar-refractivity contribution is 5.95. The Balaban J connectivity index is 1.50. The number of piperidine rings is 1. The number of nitrogens with zero attached hydrogens (tertiary/aromatic N) is 3. The van der Waals surface area contributed by atoms with E-state index in [0.29, 0.717) is 25.0 Å². The number of para-hydroxylation sites is 1. The van der Waals surface area contributed by atoms with Crippen LogP contribution in [0.3, 0.4) is 0 Å². The van der Waals surface area contributed by atoms with Crippen molar-refractivity contribution in [3.8, 4) is 0 Å². The number of rotatable bonds is 10. The molecule has 1 N–H and O–H groups in total. The van der Waals surface area contributed by atoms with Gasteiger partial charge >= 0.3 is 5.97 Å². The summed E-state index contributed by atoms with van der Waals surface area (Å²) in [6.07, 6.45) is 13.8. The number of hydrogen-bond donors (Lipinski definition) is 1. The van der Waals surface area contributed by atoms with Gasteiger partial charge in [0, 0.05) is 30.4 Å². The second kappa shape index (κ2) is 13.0. The number of carboxylic acid groups (broad SMARTS) is 1. The van der Waals surface area contributed by atoms with Crippen LogP contribution in [-0.2, 0) is 9.59 Å². The molecule has 1 aromatic carbocycles. The van der Waals surface area contributed by atoms with E-state index in [9.17, 15) is 14.7 Å². The molecule has 1 saturated carbocycles. The smallest absolute Gasteiger partial charge is 0.320 e. The maximum Gasteiger partial charge on any atom is 0.320 e. The maximum absolute atomic E-state index is 13.8. The van der Waals surface area contributed by atoms with Crippen LogP contribution in [0.25, 0.3) is 0 Å². The highest BCUT2D eigenvalue weighted by Gasteiger charge is 2.39. The van der Waals surface area contributed by atoms with Crippen LogP contribution in [0.15, 0.2) is 30.3 Å². The van der Waals surface area contributed by atoms with Gasteiger partial charge in [0.2, 0.25) is 5.91 Å². The lowest BCUT2D eigenvalue weighted by atomic mass is 9.80. The SMILES string of the molecule is CCC[C@@H]1CCC[C@@H](N2CC[C@H](N(C(=O)CN3CCCC3C(=O)O)c3ccccc3)C[C@@H]2CCC)C1. The zero-order valence-corrected chi connectivity index (χ0v) is 22.5. The van der Waals surface area contributed by atoms with Crippen molar-refractivity contribution in [3.63, 3.8) is 0 Å². The second-order valence-corrected chi connectivity index (χ2v) is 11.4. The molecule has 200 valence electrons. The summed E-state index contributed by atoms with van der Waals surface area (Å²) in [4.78, 5) is 32.2. The van der Waals surface area contributed by atoms with Crippen LogP contribution in [0, 0.1) is 5.92 Å². The molecule has 5 atom stereocenters. The average molecular weight is 498 g/mol. The van der Waals surface area contributed by atoms with Gasteiger partial charge in [0.15, 0.2) is 0 Å². The number of likely N-dealkylation sites (tertiary alicyclic amines) is 2. The van der Waals surface area contributed by atoms with Crippen LogP contribution in [0.2, 0.25) is 0 Å². The quantitative estimate of drug-likeness (QED) is 0.458. The van der Waals surface area contributed by atoms with Crippen LogP contribution in [0.1, 0.15) is 90.9 Å².